The van der Waals surface area contributed by atoms with Gasteiger partial charge in [-0.05, 0) is 18.8 Å². The number of thiazole rings is 1. The third-order valence-electron chi connectivity index (χ3n) is 4.28. The number of carbonyl (C=O) groups excluding carboxylic acids is 1. The Morgan fingerprint density at radius 3 is 3.04 bits per heavy atom. The standard InChI is InChI=1S/C16H23N5OS/c1-12(2)14-9-23-16(19-14)13-4-3-6-20(8-13)15(22)5-7-21-11-17-10-18-21/h9-13H,3-8H2,1-2H3. The first kappa shape index (κ1) is 16.1. The van der Waals surface area contributed by atoms with Crippen LogP contribution >= 0.6 is 11.3 Å². The first-order valence-corrected chi connectivity index (χ1v) is 9.07. The predicted molar refractivity (Wildman–Crippen MR) is 89.4 cm³/mol. The van der Waals surface area contributed by atoms with Crippen LogP contribution in [0.25, 0.3) is 0 Å². The molecule has 6 nitrogen and oxygen atoms in total. The molecule has 1 amide bonds. The van der Waals surface area contributed by atoms with E-state index in [0.29, 0.717) is 24.8 Å². The van der Waals surface area contributed by atoms with Gasteiger partial charge in [0.1, 0.15) is 12.7 Å². The fourth-order valence-electron chi connectivity index (χ4n) is 2.88. The summed E-state index contributed by atoms with van der Waals surface area (Å²) in [6.45, 7) is 6.57. The van der Waals surface area contributed by atoms with Crippen LogP contribution in [0, 0.1) is 0 Å². The number of carbonyl (C=O) groups is 1. The number of piperidine rings is 1. The van der Waals surface area contributed by atoms with E-state index in [9.17, 15) is 4.79 Å². The van der Waals surface area contributed by atoms with Crippen molar-refractivity contribution in [2.75, 3.05) is 13.1 Å². The third kappa shape index (κ3) is 3.96. The van der Waals surface area contributed by atoms with Gasteiger partial charge in [0, 0.05) is 30.8 Å². The van der Waals surface area contributed by atoms with Gasteiger partial charge < -0.3 is 4.90 Å². The lowest BCUT2D eigenvalue weighted by Gasteiger charge is -2.32. The summed E-state index contributed by atoms with van der Waals surface area (Å²) in [6, 6.07) is 0. The van der Waals surface area contributed by atoms with Crippen LogP contribution in [0.15, 0.2) is 18.0 Å². The summed E-state index contributed by atoms with van der Waals surface area (Å²) in [6.07, 6.45) is 5.80. The zero-order chi connectivity index (χ0) is 16.2. The monoisotopic (exact) mass is 333 g/mol. The highest BCUT2D eigenvalue weighted by Crippen LogP contribution is 2.31. The molecule has 124 valence electrons. The Bertz CT molecular complexity index is 637. The molecule has 3 heterocycles. The second-order valence-corrected chi connectivity index (χ2v) is 7.24. The molecule has 1 aliphatic rings. The first-order valence-electron chi connectivity index (χ1n) is 8.19. The molecular weight excluding hydrogens is 310 g/mol. The van der Waals surface area contributed by atoms with Gasteiger partial charge in [-0.3, -0.25) is 9.48 Å². The van der Waals surface area contributed by atoms with Crippen molar-refractivity contribution in [3.8, 4) is 0 Å². The van der Waals surface area contributed by atoms with Crippen molar-refractivity contribution >= 4 is 17.2 Å². The zero-order valence-electron chi connectivity index (χ0n) is 13.7. The minimum atomic E-state index is 0.200. The lowest BCUT2D eigenvalue weighted by atomic mass is 9.98. The predicted octanol–water partition coefficient (Wildman–Crippen LogP) is 2.65. The number of nitrogens with zero attached hydrogens (tertiary/aromatic N) is 5. The minimum absolute atomic E-state index is 0.200. The van der Waals surface area contributed by atoms with Crippen molar-refractivity contribution in [1.29, 1.82) is 0 Å². The molecular formula is C16H23N5OS. The molecule has 1 saturated heterocycles. The van der Waals surface area contributed by atoms with E-state index in [1.807, 2.05) is 4.90 Å². The minimum Gasteiger partial charge on any atom is -0.342 e. The fraction of sp³-hybridized carbons (Fsp3) is 0.625. The van der Waals surface area contributed by atoms with Crippen LogP contribution in [-0.4, -0.2) is 43.6 Å². The SMILES string of the molecule is CC(C)c1csc(C2CCCN(C(=O)CCn3cncn3)C2)n1. The highest BCUT2D eigenvalue weighted by atomic mass is 32.1. The van der Waals surface area contributed by atoms with Crippen LogP contribution in [0.2, 0.25) is 0 Å². The molecule has 1 aliphatic heterocycles. The number of aryl methyl sites for hydroxylation is 1. The molecule has 0 spiro atoms. The quantitative estimate of drug-likeness (QED) is 0.844. The molecule has 0 aliphatic carbocycles. The molecule has 0 radical (unpaired) electrons. The largest absolute Gasteiger partial charge is 0.342 e. The second kappa shape index (κ2) is 7.21. The number of hydrogen-bond acceptors (Lipinski definition) is 5. The van der Waals surface area contributed by atoms with E-state index in [2.05, 4.69) is 29.3 Å². The molecule has 0 N–H and O–H groups in total. The van der Waals surface area contributed by atoms with E-state index < -0.39 is 0 Å². The van der Waals surface area contributed by atoms with E-state index >= 15 is 0 Å². The van der Waals surface area contributed by atoms with Crippen molar-refractivity contribution in [2.24, 2.45) is 0 Å². The Balaban J connectivity index is 1.57. The molecule has 2 aromatic rings. The van der Waals surface area contributed by atoms with Crippen LogP contribution < -0.4 is 0 Å². The molecule has 3 rings (SSSR count). The van der Waals surface area contributed by atoms with Crippen molar-refractivity contribution < 1.29 is 4.79 Å². The van der Waals surface area contributed by atoms with Gasteiger partial charge in [0.05, 0.1) is 17.2 Å². The summed E-state index contributed by atoms with van der Waals surface area (Å²) in [4.78, 5) is 23.1. The van der Waals surface area contributed by atoms with Gasteiger partial charge in [-0.25, -0.2) is 9.97 Å². The van der Waals surface area contributed by atoms with Gasteiger partial charge >= 0.3 is 0 Å². The summed E-state index contributed by atoms with van der Waals surface area (Å²) >= 11 is 1.74. The third-order valence-corrected chi connectivity index (χ3v) is 5.30. The van der Waals surface area contributed by atoms with E-state index in [1.165, 1.54) is 17.0 Å². The van der Waals surface area contributed by atoms with Crippen molar-refractivity contribution in [3.63, 3.8) is 0 Å². The maximum Gasteiger partial charge on any atom is 0.224 e. The van der Waals surface area contributed by atoms with Gasteiger partial charge in [-0.2, -0.15) is 5.10 Å². The van der Waals surface area contributed by atoms with E-state index in [1.54, 1.807) is 22.3 Å². The van der Waals surface area contributed by atoms with Crippen LogP contribution in [0.4, 0.5) is 0 Å². The van der Waals surface area contributed by atoms with Gasteiger partial charge in [0.2, 0.25) is 5.91 Å². The fourth-order valence-corrected chi connectivity index (χ4v) is 3.98. The lowest BCUT2D eigenvalue weighted by Crippen LogP contribution is -2.39. The number of aromatic nitrogens is 4. The van der Waals surface area contributed by atoms with Crippen molar-refractivity contribution in [3.05, 3.63) is 28.7 Å². The maximum absolute atomic E-state index is 12.4. The second-order valence-electron chi connectivity index (χ2n) is 6.35. The van der Waals surface area contributed by atoms with Crippen molar-refractivity contribution in [2.45, 2.75) is 51.5 Å². The van der Waals surface area contributed by atoms with Crippen LogP contribution in [-0.2, 0) is 11.3 Å². The van der Waals surface area contributed by atoms with E-state index in [4.69, 9.17) is 4.98 Å². The summed E-state index contributed by atoms with van der Waals surface area (Å²) < 4.78 is 1.70. The summed E-state index contributed by atoms with van der Waals surface area (Å²) in [5, 5.41) is 7.38. The molecule has 0 bridgehead atoms. The van der Waals surface area contributed by atoms with Gasteiger partial charge in [0.25, 0.3) is 0 Å². The Labute approximate surface area is 140 Å². The van der Waals surface area contributed by atoms with Gasteiger partial charge in [0.15, 0.2) is 0 Å². The topological polar surface area (TPSA) is 63.9 Å². The molecule has 1 atom stereocenters. The highest BCUT2D eigenvalue weighted by Gasteiger charge is 2.26. The molecule has 23 heavy (non-hydrogen) atoms. The highest BCUT2D eigenvalue weighted by molar-refractivity contribution is 7.09. The Kier molecular flexibility index (Phi) is 5.05. The normalized spacial score (nSPS) is 18.6. The number of rotatable bonds is 5. The Morgan fingerprint density at radius 1 is 1.48 bits per heavy atom. The smallest absolute Gasteiger partial charge is 0.224 e. The molecule has 0 aromatic carbocycles. The van der Waals surface area contributed by atoms with Crippen LogP contribution in [0.5, 0.6) is 0 Å². The number of amides is 1. The number of hydrogen-bond donors (Lipinski definition) is 0. The van der Waals surface area contributed by atoms with Crippen LogP contribution in [0.3, 0.4) is 0 Å². The molecule has 1 fully saturated rings. The molecule has 7 heteroatoms. The Morgan fingerprint density at radius 2 is 2.35 bits per heavy atom. The van der Waals surface area contributed by atoms with Gasteiger partial charge in [-0.1, -0.05) is 13.8 Å². The van der Waals surface area contributed by atoms with E-state index in [0.717, 1.165) is 25.9 Å². The van der Waals surface area contributed by atoms with Gasteiger partial charge in [-0.15, -0.1) is 11.3 Å². The van der Waals surface area contributed by atoms with Crippen molar-refractivity contribution in [1.82, 2.24) is 24.6 Å². The molecule has 1 unspecified atom stereocenters. The summed E-state index contributed by atoms with van der Waals surface area (Å²) in [5.41, 5.74) is 1.17. The molecule has 0 saturated carbocycles. The lowest BCUT2D eigenvalue weighted by molar-refractivity contribution is -0.132. The van der Waals surface area contributed by atoms with Crippen LogP contribution in [0.1, 0.15) is 55.6 Å². The first-order chi connectivity index (χ1) is 11.1. The average molecular weight is 333 g/mol. The number of likely N-dealkylation sites (tertiary alicyclic amines) is 1. The summed E-state index contributed by atoms with van der Waals surface area (Å²) in [5.74, 6) is 1.05. The van der Waals surface area contributed by atoms with E-state index in [-0.39, 0.29) is 5.91 Å². The summed E-state index contributed by atoms with van der Waals surface area (Å²) in [7, 11) is 0. The Hall–Kier alpha value is -1.76. The molecule has 2 aromatic heterocycles. The maximum atomic E-state index is 12.4. The average Bonchev–Trinajstić information content (AvgIpc) is 3.24. The zero-order valence-corrected chi connectivity index (χ0v) is 14.5.